The van der Waals surface area contributed by atoms with Gasteiger partial charge in [0.1, 0.15) is 12.4 Å². The first kappa shape index (κ1) is 15.4. The highest BCUT2D eigenvalue weighted by molar-refractivity contribution is 5.99. The zero-order valence-corrected chi connectivity index (χ0v) is 13.3. The summed E-state index contributed by atoms with van der Waals surface area (Å²) in [6.45, 7) is 3.23. The second-order valence-corrected chi connectivity index (χ2v) is 5.88. The molecular weight excluding hydrogens is 288 g/mol. The molecular formula is C19H22N2O2. The number of carbonyl (C=O) groups is 1. The van der Waals surface area contributed by atoms with Gasteiger partial charge in [0.2, 0.25) is 0 Å². The van der Waals surface area contributed by atoms with E-state index < -0.39 is 0 Å². The van der Waals surface area contributed by atoms with Crippen LogP contribution < -0.4 is 15.4 Å². The third-order valence-electron chi connectivity index (χ3n) is 3.79. The van der Waals surface area contributed by atoms with Crippen LogP contribution in [0.1, 0.15) is 28.8 Å². The summed E-state index contributed by atoms with van der Waals surface area (Å²) in [4.78, 5) is 12.2. The van der Waals surface area contributed by atoms with Crippen molar-refractivity contribution in [3.05, 3.63) is 59.7 Å². The molecule has 2 N–H and O–H groups in total. The Morgan fingerprint density at radius 2 is 1.87 bits per heavy atom. The third-order valence-corrected chi connectivity index (χ3v) is 3.79. The number of aryl methyl sites for hydroxylation is 1. The van der Waals surface area contributed by atoms with Crippen LogP contribution in [0.25, 0.3) is 0 Å². The number of anilines is 1. The van der Waals surface area contributed by atoms with E-state index in [0.717, 1.165) is 24.3 Å². The number of nitrogens with one attached hydrogen (secondary N) is 2. The van der Waals surface area contributed by atoms with Crippen molar-refractivity contribution in [2.24, 2.45) is 0 Å². The summed E-state index contributed by atoms with van der Waals surface area (Å²) >= 11 is 0. The molecule has 0 unspecified atom stereocenters. The van der Waals surface area contributed by atoms with Crippen LogP contribution in [0.3, 0.4) is 0 Å². The number of amides is 1. The summed E-state index contributed by atoms with van der Waals surface area (Å²) in [7, 11) is 0. The lowest BCUT2D eigenvalue weighted by atomic mass is 10.1. The molecule has 1 fully saturated rings. The molecule has 4 heteroatoms. The topological polar surface area (TPSA) is 50.4 Å². The van der Waals surface area contributed by atoms with Crippen LogP contribution in [0.5, 0.6) is 5.75 Å². The third kappa shape index (κ3) is 4.49. The van der Waals surface area contributed by atoms with E-state index in [-0.39, 0.29) is 5.91 Å². The normalized spacial score (nSPS) is 13.4. The monoisotopic (exact) mass is 310 g/mol. The van der Waals surface area contributed by atoms with Crippen molar-refractivity contribution >= 4 is 11.6 Å². The molecule has 1 aliphatic rings. The fourth-order valence-electron chi connectivity index (χ4n) is 2.32. The Labute approximate surface area is 136 Å². The molecule has 0 aromatic heterocycles. The second-order valence-electron chi connectivity index (χ2n) is 5.88. The predicted molar refractivity (Wildman–Crippen MR) is 92.1 cm³/mol. The lowest BCUT2D eigenvalue weighted by Gasteiger charge is -2.12. The summed E-state index contributed by atoms with van der Waals surface area (Å²) in [6, 6.07) is 15.9. The standard InChI is InChI=1S/C19H22N2O2/c1-14-6-10-16(11-7-14)23-13-12-20-18-5-3-2-4-17(18)19(22)21-15-8-9-15/h2-7,10-11,15,20H,8-9,12-13H2,1H3,(H,21,22). The van der Waals surface area contributed by atoms with E-state index in [9.17, 15) is 4.79 Å². The van der Waals surface area contributed by atoms with Gasteiger partial charge in [-0.15, -0.1) is 0 Å². The van der Waals surface area contributed by atoms with E-state index in [1.54, 1.807) is 0 Å². The van der Waals surface area contributed by atoms with Crippen LogP contribution in [0.2, 0.25) is 0 Å². The summed E-state index contributed by atoms with van der Waals surface area (Å²) in [6.07, 6.45) is 2.18. The fraction of sp³-hybridized carbons (Fsp3) is 0.316. The SMILES string of the molecule is Cc1ccc(OCCNc2ccccc2C(=O)NC2CC2)cc1. The summed E-state index contributed by atoms with van der Waals surface area (Å²) < 4.78 is 5.69. The Morgan fingerprint density at radius 1 is 1.13 bits per heavy atom. The minimum absolute atomic E-state index is 0.00458. The van der Waals surface area contributed by atoms with Crippen LogP contribution in [-0.2, 0) is 0 Å². The van der Waals surface area contributed by atoms with Crippen molar-refractivity contribution in [3.63, 3.8) is 0 Å². The molecule has 0 aliphatic heterocycles. The van der Waals surface area contributed by atoms with Crippen molar-refractivity contribution in [1.82, 2.24) is 5.32 Å². The molecule has 1 aliphatic carbocycles. The van der Waals surface area contributed by atoms with Gasteiger partial charge in [0.05, 0.1) is 5.56 Å². The van der Waals surface area contributed by atoms with E-state index in [4.69, 9.17) is 4.74 Å². The fourth-order valence-corrected chi connectivity index (χ4v) is 2.32. The molecule has 0 atom stereocenters. The number of benzene rings is 2. The molecule has 2 aromatic carbocycles. The number of rotatable bonds is 7. The maximum Gasteiger partial charge on any atom is 0.253 e. The molecule has 23 heavy (non-hydrogen) atoms. The van der Waals surface area contributed by atoms with E-state index in [1.807, 2.05) is 48.5 Å². The van der Waals surface area contributed by atoms with E-state index in [2.05, 4.69) is 17.6 Å². The molecule has 0 bridgehead atoms. The van der Waals surface area contributed by atoms with Crippen LogP contribution in [0.4, 0.5) is 5.69 Å². The van der Waals surface area contributed by atoms with Gasteiger partial charge in [-0.3, -0.25) is 4.79 Å². The van der Waals surface area contributed by atoms with Gasteiger partial charge in [-0.05, 0) is 44.0 Å². The Bertz CT molecular complexity index is 663. The molecule has 3 rings (SSSR count). The van der Waals surface area contributed by atoms with Crippen molar-refractivity contribution < 1.29 is 9.53 Å². The van der Waals surface area contributed by atoms with Gasteiger partial charge < -0.3 is 15.4 Å². The van der Waals surface area contributed by atoms with E-state index in [0.29, 0.717) is 24.8 Å². The van der Waals surface area contributed by atoms with Crippen molar-refractivity contribution in [2.45, 2.75) is 25.8 Å². The highest BCUT2D eigenvalue weighted by atomic mass is 16.5. The zero-order chi connectivity index (χ0) is 16.1. The maximum atomic E-state index is 12.2. The first-order chi connectivity index (χ1) is 11.2. The van der Waals surface area contributed by atoms with Crippen LogP contribution in [-0.4, -0.2) is 25.1 Å². The molecule has 1 amide bonds. The molecule has 0 heterocycles. The van der Waals surface area contributed by atoms with Gasteiger partial charge >= 0.3 is 0 Å². The molecule has 120 valence electrons. The minimum Gasteiger partial charge on any atom is -0.492 e. The second kappa shape index (κ2) is 7.18. The number of ether oxygens (including phenoxy) is 1. The Morgan fingerprint density at radius 3 is 2.61 bits per heavy atom. The number of hydrogen-bond acceptors (Lipinski definition) is 3. The average Bonchev–Trinajstić information content (AvgIpc) is 3.37. The number of para-hydroxylation sites is 1. The Kier molecular flexibility index (Phi) is 4.81. The van der Waals surface area contributed by atoms with Gasteiger partial charge in [-0.2, -0.15) is 0 Å². The van der Waals surface area contributed by atoms with Gasteiger partial charge in [0.15, 0.2) is 0 Å². The van der Waals surface area contributed by atoms with Crippen molar-refractivity contribution in [3.8, 4) is 5.75 Å². The molecule has 4 nitrogen and oxygen atoms in total. The molecule has 0 saturated heterocycles. The largest absolute Gasteiger partial charge is 0.492 e. The lowest BCUT2D eigenvalue weighted by Crippen LogP contribution is -2.26. The highest BCUT2D eigenvalue weighted by Crippen LogP contribution is 2.21. The average molecular weight is 310 g/mol. The molecule has 2 aromatic rings. The Hall–Kier alpha value is -2.49. The van der Waals surface area contributed by atoms with Crippen molar-refractivity contribution in [1.29, 1.82) is 0 Å². The van der Waals surface area contributed by atoms with Crippen LogP contribution >= 0.6 is 0 Å². The van der Waals surface area contributed by atoms with Gasteiger partial charge in [-0.25, -0.2) is 0 Å². The lowest BCUT2D eigenvalue weighted by molar-refractivity contribution is 0.0952. The Balaban J connectivity index is 1.51. The first-order valence-electron chi connectivity index (χ1n) is 8.05. The van der Waals surface area contributed by atoms with Crippen LogP contribution in [0.15, 0.2) is 48.5 Å². The molecule has 1 saturated carbocycles. The van der Waals surface area contributed by atoms with Crippen LogP contribution in [0, 0.1) is 6.92 Å². The zero-order valence-electron chi connectivity index (χ0n) is 13.3. The van der Waals surface area contributed by atoms with Crippen molar-refractivity contribution in [2.75, 3.05) is 18.5 Å². The van der Waals surface area contributed by atoms with Gasteiger partial charge in [-0.1, -0.05) is 29.8 Å². The van der Waals surface area contributed by atoms with Gasteiger partial charge in [0.25, 0.3) is 5.91 Å². The number of hydrogen-bond donors (Lipinski definition) is 2. The smallest absolute Gasteiger partial charge is 0.253 e. The quantitative estimate of drug-likeness (QED) is 0.771. The first-order valence-corrected chi connectivity index (χ1v) is 8.05. The summed E-state index contributed by atoms with van der Waals surface area (Å²) in [5, 5.41) is 6.31. The molecule has 0 radical (unpaired) electrons. The minimum atomic E-state index is -0.00458. The predicted octanol–water partition coefficient (Wildman–Crippen LogP) is 3.38. The van der Waals surface area contributed by atoms with E-state index >= 15 is 0 Å². The molecule has 0 spiro atoms. The van der Waals surface area contributed by atoms with E-state index in [1.165, 1.54) is 5.56 Å². The maximum absolute atomic E-state index is 12.2. The summed E-state index contributed by atoms with van der Waals surface area (Å²) in [5.74, 6) is 0.854. The number of carbonyl (C=O) groups excluding carboxylic acids is 1. The van der Waals surface area contributed by atoms with Gasteiger partial charge in [0, 0.05) is 18.3 Å². The summed E-state index contributed by atoms with van der Waals surface area (Å²) in [5.41, 5.74) is 2.75. The highest BCUT2D eigenvalue weighted by Gasteiger charge is 2.24.